The van der Waals surface area contributed by atoms with Gasteiger partial charge in [-0.05, 0) is 36.2 Å². The lowest BCUT2D eigenvalue weighted by Gasteiger charge is -2.07. The lowest BCUT2D eigenvalue weighted by atomic mass is 10.1. The summed E-state index contributed by atoms with van der Waals surface area (Å²) in [6.07, 6.45) is 0.312. The molecule has 2 N–H and O–H groups in total. The smallest absolute Gasteiger partial charge is 0.408 e. The molecule has 0 saturated heterocycles. The number of hydrogen-bond acceptors (Lipinski definition) is 3. The second-order valence-corrected chi connectivity index (χ2v) is 4.88. The standard InChI is InChI=1S/C16H14N2O3/c1-10-4-2-3-5-11(10)8-15(19)17-12-6-7-14-13(9-12)18-16(20)21-14/h2-7,9H,8H2,1H3,(H,17,19)(H,18,20). The normalized spacial score (nSPS) is 10.7. The van der Waals surface area contributed by atoms with Crippen molar-refractivity contribution < 1.29 is 9.21 Å². The number of aromatic amines is 1. The summed E-state index contributed by atoms with van der Waals surface area (Å²) in [5.41, 5.74) is 3.73. The molecule has 2 aromatic carbocycles. The molecule has 1 amide bonds. The summed E-state index contributed by atoms with van der Waals surface area (Å²) >= 11 is 0. The van der Waals surface area contributed by atoms with Gasteiger partial charge >= 0.3 is 5.76 Å². The van der Waals surface area contributed by atoms with Crippen molar-refractivity contribution in [2.45, 2.75) is 13.3 Å². The second-order valence-electron chi connectivity index (χ2n) is 4.88. The third-order valence-electron chi connectivity index (χ3n) is 3.31. The average molecular weight is 282 g/mol. The van der Waals surface area contributed by atoms with Gasteiger partial charge in [-0.2, -0.15) is 0 Å². The zero-order valence-electron chi connectivity index (χ0n) is 11.5. The molecule has 5 nitrogen and oxygen atoms in total. The maximum absolute atomic E-state index is 12.1. The number of H-pyrrole nitrogens is 1. The molecule has 0 aliphatic carbocycles. The zero-order chi connectivity index (χ0) is 14.8. The van der Waals surface area contributed by atoms with Crippen molar-refractivity contribution in [1.82, 2.24) is 4.98 Å². The summed E-state index contributed by atoms with van der Waals surface area (Å²) in [7, 11) is 0. The van der Waals surface area contributed by atoms with E-state index in [2.05, 4.69) is 10.3 Å². The molecule has 0 saturated carbocycles. The Morgan fingerprint density at radius 1 is 1.24 bits per heavy atom. The molecule has 0 spiro atoms. The molecular formula is C16H14N2O3. The summed E-state index contributed by atoms with van der Waals surface area (Å²) in [5, 5.41) is 2.82. The van der Waals surface area contributed by atoms with E-state index in [0.717, 1.165) is 11.1 Å². The van der Waals surface area contributed by atoms with Crippen LogP contribution in [0.25, 0.3) is 11.1 Å². The van der Waals surface area contributed by atoms with E-state index in [4.69, 9.17) is 4.42 Å². The lowest BCUT2D eigenvalue weighted by molar-refractivity contribution is -0.115. The molecule has 0 aliphatic rings. The monoisotopic (exact) mass is 282 g/mol. The van der Waals surface area contributed by atoms with Crippen LogP contribution in [0, 0.1) is 6.92 Å². The van der Waals surface area contributed by atoms with E-state index in [-0.39, 0.29) is 5.91 Å². The highest BCUT2D eigenvalue weighted by molar-refractivity contribution is 5.94. The van der Waals surface area contributed by atoms with Crippen LogP contribution >= 0.6 is 0 Å². The van der Waals surface area contributed by atoms with Gasteiger partial charge in [0.25, 0.3) is 0 Å². The topological polar surface area (TPSA) is 75.1 Å². The fraction of sp³-hybridized carbons (Fsp3) is 0.125. The van der Waals surface area contributed by atoms with Gasteiger partial charge in [0, 0.05) is 5.69 Å². The molecule has 106 valence electrons. The molecule has 0 bridgehead atoms. The number of fused-ring (bicyclic) bond motifs is 1. The number of carbonyl (C=O) groups is 1. The zero-order valence-corrected chi connectivity index (χ0v) is 11.5. The minimum absolute atomic E-state index is 0.102. The SMILES string of the molecule is Cc1ccccc1CC(=O)Nc1ccc2oc(=O)[nH]c2c1. The first kappa shape index (κ1) is 13.2. The predicted molar refractivity (Wildman–Crippen MR) is 80.3 cm³/mol. The molecular weight excluding hydrogens is 268 g/mol. The molecule has 0 atom stereocenters. The van der Waals surface area contributed by atoms with Gasteiger partial charge < -0.3 is 9.73 Å². The molecule has 1 heterocycles. The molecule has 0 unspecified atom stereocenters. The minimum atomic E-state index is -0.506. The maximum atomic E-state index is 12.1. The van der Waals surface area contributed by atoms with Crippen LogP contribution in [-0.4, -0.2) is 10.9 Å². The van der Waals surface area contributed by atoms with Gasteiger partial charge in [-0.15, -0.1) is 0 Å². The molecule has 0 fully saturated rings. The number of anilines is 1. The fourth-order valence-corrected chi connectivity index (χ4v) is 2.22. The van der Waals surface area contributed by atoms with Crippen LogP contribution < -0.4 is 11.1 Å². The van der Waals surface area contributed by atoms with Gasteiger partial charge in [0.05, 0.1) is 11.9 Å². The highest BCUT2D eigenvalue weighted by Gasteiger charge is 2.07. The number of aryl methyl sites for hydroxylation is 1. The van der Waals surface area contributed by atoms with Crippen molar-refractivity contribution in [2.75, 3.05) is 5.32 Å². The van der Waals surface area contributed by atoms with Crippen molar-refractivity contribution >= 4 is 22.7 Å². The molecule has 3 aromatic rings. The first-order valence-electron chi connectivity index (χ1n) is 6.59. The Kier molecular flexibility index (Phi) is 3.31. The number of rotatable bonds is 3. The highest BCUT2D eigenvalue weighted by Crippen LogP contribution is 2.16. The van der Waals surface area contributed by atoms with E-state index in [1.807, 2.05) is 31.2 Å². The third kappa shape index (κ3) is 2.86. The van der Waals surface area contributed by atoms with Crippen LogP contribution in [0.15, 0.2) is 51.7 Å². The van der Waals surface area contributed by atoms with Gasteiger partial charge in [0.2, 0.25) is 5.91 Å². The number of carbonyl (C=O) groups excluding carboxylic acids is 1. The number of hydrogen-bond donors (Lipinski definition) is 2. The number of nitrogens with one attached hydrogen (secondary N) is 2. The van der Waals surface area contributed by atoms with Crippen molar-refractivity contribution in [3.8, 4) is 0 Å². The Labute approximate surface area is 120 Å². The van der Waals surface area contributed by atoms with Gasteiger partial charge in [-0.25, -0.2) is 4.79 Å². The van der Waals surface area contributed by atoms with Crippen LogP contribution in [0.2, 0.25) is 0 Å². The minimum Gasteiger partial charge on any atom is -0.408 e. The maximum Gasteiger partial charge on any atom is 0.417 e. The Bertz CT molecular complexity index is 861. The van der Waals surface area contributed by atoms with Crippen LogP contribution in [0.3, 0.4) is 0 Å². The van der Waals surface area contributed by atoms with Crippen molar-refractivity contribution in [3.05, 3.63) is 64.1 Å². The van der Waals surface area contributed by atoms with Crippen LogP contribution in [0.4, 0.5) is 5.69 Å². The summed E-state index contributed by atoms with van der Waals surface area (Å²) in [4.78, 5) is 25.7. The van der Waals surface area contributed by atoms with Crippen LogP contribution in [0.1, 0.15) is 11.1 Å². The Morgan fingerprint density at radius 2 is 2.05 bits per heavy atom. The van der Waals surface area contributed by atoms with E-state index in [1.165, 1.54) is 0 Å². The third-order valence-corrected chi connectivity index (χ3v) is 3.31. The van der Waals surface area contributed by atoms with Crippen molar-refractivity contribution in [1.29, 1.82) is 0 Å². The van der Waals surface area contributed by atoms with Crippen molar-refractivity contribution in [3.63, 3.8) is 0 Å². The summed E-state index contributed by atoms with van der Waals surface area (Å²) in [6.45, 7) is 1.98. The fourth-order valence-electron chi connectivity index (χ4n) is 2.22. The van der Waals surface area contributed by atoms with E-state index in [1.54, 1.807) is 18.2 Å². The first-order chi connectivity index (χ1) is 10.1. The second kappa shape index (κ2) is 5.28. The lowest BCUT2D eigenvalue weighted by Crippen LogP contribution is -2.14. The van der Waals surface area contributed by atoms with E-state index >= 15 is 0 Å². The van der Waals surface area contributed by atoms with E-state index in [0.29, 0.717) is 23.2 Å². The predicted octanol–water partition coefficient (Wildman–Crippen LogP) is 2.61. The largest absolute Gasteiger partial charge is 0.417 e. The summed E-state index contributed by atoms with van der Waals surface area (Å²) in [6, 6.07) is 12.8. The summed E-state index contributed by atoms with van der Waals surface area (Å²) < 4.78 is 4.92. The number of oxazole rings is 1. The van der Waals surface area contributed by atoms with Crippen molar-refractivity contribution in [2.24, 2.45) is 0 Å². The number of benzene rings is 2. The van der Waals surface area contributed by atoms with Gasteiger partial charge in [0.15, 0.2) is 5.58 Å². The quantitative estimate of drug-likeness (QED) is 0.775. The molecule has 0 radical (unpaired) electrons. The molecule has 5 heteroatoms. The number of amides is 1. The Hall–Kier alpha value is -2.82. The number of aromatic nitrogens is 1. The van der Waals surface area contributed by atoms with E-state index in [9.17, 15) is 9.59 Å². The van der Waals surface area contributed by atoms with Crippen LogP contribution in [-0.2, 0) is 11.2 Å². The Morgan fingerprint density at radius 3 is 2.86 bits per heavy atom. The van der Waals surface area contributed by atoms with Gasteiger partial charge in [0.1, 0.15) is 0 Å². The molecule has 21 heavy (non-hydrogen) atoms. The molecule has 0 aliphatic heterocycles. The highest BCUT2D eigenvalue weighted by atomic mass is 16.4. The molecule has 3 rings (SSSR count). The molecule has 1 aromatic heterocycles. The van der Waals surface area contributed by atoms with Gasteiger partial charge in [-0.1, -0.05) is 24.3 Å². The summed E-state index contributed by atoms with van der Waals surface area (Å²) in [5.74, 6) is -0.608. The average Bonchev–Trinajstić information content (AvgIpc) is 2.80. The van der Waals surface area contributed by atoms with Gasteiger partial charge in [-0.3, -0.25) is 9.78 Å². The van der Waals surface area contributed by atoms with Crippen LogP contribution in [0.5, 0.6) is 0 Å². The van der Waals surface area contributed by atoms with E-state index < -0.39 is 5.76 Å². The first-order valence-corrected chi connectivity index (χ1v) is 6.59. The Balaban J connectivity index is 1.77.